The Morgan fingerprint density at radius 2 is 0.724 bits per heavy atom. The maximum absolute atomic E-state index is 13.5. The minimum absolute atomic E-state index is 0.443. The van der Waals surface area contributed by atoms with Crippen molar-refractivity contribution in [2.24, 2.45) is 16.2 Å². The second kappa shape index (κ2) is 5.83. The van der Waals surface area contributed by atoms with Gasteiger partial charge in [-0.3, -0.25) is 14.9 Å². The zero-order valence-corrected chi connectivity index (χ0v) is 13.0. The standard InChI is InChI=1S/C11H4F15NO2/c1-4(7(12,13)14)5(8(15,16)17,9(18,19)20)2(28)27-3(29)6(4,10(21,22)23)11(24,25)26/h1H3,(H,27,28,29). The van der Waals surface area contributed by atoms with Gasteiger partial charge in [0, 0.05) is 0 Å². The van der Waals surface area contributed by atoms with Gasteiger partial charge in [-0.1, -0.05) is 0 Å². The molecule has 0 radical (unpaired) electrons. The third-order valence-corrected chi connectivity index (χ3v) is 4.68. The molecule has 2 amide bonds. The fourth-order valence-electron chi connectivity index (χ4n) is 3.42. The van der Waals surface area contributed by atoms with E-state index in [2.05, 4.69) is 0 Å². The van der Waals surface area contributed by atoms with Gasteiger partial charge in [0.25, 0.3) is 22.6 Å². The summed E-state index contributed by atoms with van der Waals surface area (Å²) in [6.07, 6.45) is -38.6. The number of piperidine rings is 1. The second-order valence-corrected chi connectivity index (χ2v) is 5.90. The number of imide groups is 1. The van der Waals surface area contributed by atoms with Crippen LogP contribution in [0.15, 0.2) is 0 Å². The van der Waals surface area contributed by atoms with Crippen LogP contribution in [0.3, 0.4) is 0 Å². The zero-order valence-electron chi connectivity index (χ0n) is 13.0. The summed E-state index contributed by atoms with van der Waals surface area (Å²) in [5.74, 6) is -8.18. The fraction of sp³-hybridized carbons (Fsp3) is 0.818. The van der Waals surface area contributed by atoms with Crippen molar-refractivity contribution in [2.45, 2.75) is 37.8 Å². The first-order chi connectivity index (χ1) is 12.3. The van der Waals surface area contributed by atoms with Gasteiger partial charge in [-0.15, -0.1) is 0 Å². The lowest BCUT2D eigenvalue weighted by Gasteiger charge is -2.59. The second-order valence-electron chi connectivity index (χ2n) is 5.90. The van der Waals surface area contributed by atoms with Crippen molar-refractivity contribution in [1.29, 1.82) is 0 Å². The number of rotatable bonds is 0. The van der Waals surface area contributed by atoms with Crippen LogP contribution < -0.4 is 5.32 Å². The molecule has 1 aliphatic rings. The number of carbonyl (C=O) groups excluding carboxylic acids is 2. The van der Waals surface area contributed by atoms with E-state index in [1.807, 2.05) is 0 Å². The number of hydrogen-bond acceptors (Lipinski definition) is 2. The first kappa shape index (κ1) is 25.1. The third-order valence-electron chi connectivity index (χ3n) is 4.68. The average Bonchev–Trinajstić information content (AvgIpc) is 2.28. The van der Waals surface area contributed by atoms with E-state index in [9.17, 15) is 75.4 Å². The molecule has 0 saturated carbocycles. The molecular weight excluding hydrogens is 463 g/mol. The van der Waals surface area contributed by atoms with E-state index in [4.69, 9.17) is 0 Å². The minimum atomic E-state index is -7.72. The van der Waals surface area contributed by atoms with Crippen molar-refractivity contribution in [3.05, 3.63) is 0 Å². The van der Waals surface area contributed by atoms with Gasteiger partial charge in [0.05, 0.1) is 0 Å². The molecule has 18 heteroatoms. The van der Waals surface area contributed by atoms with Gasteiger partial charge in [-0.25, -0.2) is 0 Å². The zero-order chi connectivity index (χ0) is 23.9. The van der Waals surface area contributed by atoms with E-state index in [0.29, 0.717) is 0 Å². The molecule has 0 aromatic rings. The summed E-state index contributed by atoms with van der Waals surface area (Å²) in [6, 6.07) is 0. The smallest absolute Gasteiger partial charge is 0.294 e. The summed E-state index contributed by atoms with van der Waals surface area (Å²) >= 11 is 0. The average molecular weight is 467 g/mol. The highest BCUT2D eigenvalue weighted by Crippen LogP contribution is 2.77. The van der Waals surface area contributed by atoms with Gasteiger partial charge in [-0.2, -0.15) is 65.9 Å². The van der Waals surface area contributed by atoms with Crippen LogP contribution in [-0.4, -0.2) is 42.7 Å². The molecule has 0 unspecified atom stereocenters. The topological polar surface area (TPSA) is 46.2 Å². The highest BCUT2D eigenvalue weighted by Gasteiger charge is 3.02. The molecule has 170 valence electrons. The van der Waals surface area contributed by atoms with Gasteiger partial charge in [-0.05, 0) is 6.92 Å². The molecule has 3 nitrogen and oxygen atoms in total. The Balaban J connectivity index is 4.59. The van der Waals surface area contributed by atoms with Crippen LogP contribution in [0, 0.1) is 16.2 Å². The maximum atomic E-state index is 13.5. The van der Waals surface area contributed by atoms with E-state index in [1.54, 1.807) is 0 Å². The predicted molar refractivity (Wildman–Crippen MR) is 56.4 cm³/mol. The lowest BCUT2D eigenvalue weighted by molar-refractivity contribution is -0.471. The fourth-order valence-corrected chi connectivity index (χ4v) is 3.42. The molecule has 0 spiro atoms. The summed E-state index contributed by atoms with van der Waals surface area (Å²) in [5, 5.41) is -0.443. The van der Waals surface area contributed by atoms with Crippen LogP contribution in [0.1, 0.15) is 6.92 Å². The number of amides is 2. The van der Waals surface area contributed by atoms with E-state index < -0.39 is 71.2 Å². The Bertz CT molecular complexity index is 626. The first-order valence-corrected chi connectivity index (χ1v) is 6.49. The van der Waals surface area contributed by atoms with E-state index in [0.717, 1.165) is 0 Å². The monoisotopic (exact) mass is 467 g/mol. The Kier molecular flexibility index (Phi) is 5.05. The molecule has 1 aliphatic heterocycles. The van der Waals surface area contributed by atoms with Gasteiger partial charge >= 0.3 is 30.9 Å². The van der Waals surface area contributed by atoms with Crippen LogP contribution in [0.5, 0.6) is 0 Å². The lowest BCUT2D eigenvalue weighted by atomic mass is 9.46. The van der Waals surface area contributed by atoms with Crippen LogP contribution in [0.4, 0.5) is 65.9 Å². The van der Waals surface area contributed by atoms with Gasteiger partial charge in [0.15, 0.2) is 0 Å². The first-order valence-electron chi connectivity index (χ1n) is 6.49. The molecule has 0 aromatic carbocycles. The van der Waals surface area contributed by atoms with Gasteiger partial charge in [0.2, 0.25) is 0 Å². The molecule has 0 bridgehead atoms. The van der Waals surface area contributed by atoms with Crippen LogP contribution in [-0.2, 0) is 9.59 Å². The minimum Gasteiger partial charge on any atom is -0.294 e. The number of hydrogen-bond donors (Lipinski definition) is 1. The highest BCUT2D eigenvalue weighted by atomic mass is 19.4. The lowest BCUT2D eigenvalue weighted by Crippen LogP contribution is -2.86. The number of carbonyl (C=O) groups is 2. The molecule has 0 aromatic heterocycles. The van der Waals surface area contributed by atoms with Crippen molar-refractivity contribution >= 4 is 11.8 Å². The summed E-state index contributed by atoms with van der Waals surface area (Å²) < 4.78 is 200. The molecule has 0 aliphatic carbocycles. The van der Waals surface area contributed by atoms with Crippen LogP contribution in [0.2, 0.25) is 0 Å². The number of nitrogens with one attached hydrogen (secondary N) is 1. The van der Waals surface area contributed by atoms with Crippen molar-refractivity contribution in [1.82, 2.24) is 5.32 Å². The Morgan fingerprint density at radius 3 is 0.862 bits per heavy atom. The van der Waals surface area contributed by atoms with Crippen LogP contribution >= 0.6 is 0 Å². The number of alkyl halides is 15. The Hall–Kier alpha value is -1.91. The normalized spacial score (nSPS) is 23.0. The van der Waals surface area contributed by atoms with Crippen molar-refractivity contribution in [3.8, 4) is 0 Å². The van der Waals surface area contributed by atoms with Gasteiger partial charge < -0.3 is 0 Å². The summed E-state index contributed by atoms with van der Waals surface area (Å²) in [4.78, 5) is 22.8. The van der Waals surface area contributed by atoms with Gasteiger partial charge in [0.1, 0.15) is 5.41 Å². The Labute approximate surface area is 148 Å². The van der Waals surface area contributed by atoms with Crippen molar-refractivity contribution in [3.63, 3.8) is 0 Å². The molecule has 29 heavy (non-hydrogen) atoms. The van der Waals surface area contributed by atoms with Crippen molar-refractivity contribution < 1.29 is 75.4 Å². The molecular formula is C11H4F15NO2. The van der Waals surface area contributed by atoms with E-state index in [1.165, 1.54) is 0 Å². The predicted octanol–water partition coefficient (Wildman–Crippen LogP) is 4.43. The van der Waals surface area contributed by atoms with E-state index in [-0.39, 0.29) is 0 Å². The SMILES string of the molecule is CC1(C(F)(F)F)C(C(F)(F)F)(C(F)(F)F)C(=O)NC(=O)C1(C(F)(F)F)C(F)(F)F. The molecule has 1 rings (SSSR count). The van der Waals surface area contributed by atoms with Crippen LogP contribution in [0.25, 0.3) is 0 Å². The third kappa shape index (κ3) is 2.55. The summed E-state index contributed by atoms with van der Waals surface area (Å²) in [7, 11) is 0. The Morgan fingerprint density at radius 1 is 0.517 bits per heavy atom. The maximum Gasteiger partial charge on any atom is 0.413 e. The summed E-state index contributed by atoms with van der Waals surface area (Å²) in [6.45, 7) is -1.76. The molecule has 1 fully saturated rings. The summed E-state index contributed by atoms with van der Waals surface area (Å²) in [5.41, 5.74) is -21.9. The largest absolute Gasteiger partial charge is 0.413 e. The number of halogens is 15. The molecule has 1 saturated heterocycles. The quantitative estimate of drug-likeness (QED) is 0.424. The molecule has 1 N–H and O–H groups in total. The molecule has 0 atom stereocenters. The van der Waals surface area contributed by atoms with Crippen molar-refractivity contribution in [2.75, 3.05) is 0 Å². The van der Waals surface area contributed by atoms with E-state index >= 15 is 0 Å². The highest BCUT2D eigenvalue weighted by molar-refractivity contribution is 6.06. The molecule has 1 heterocycles.